The summed E-state index contributed by atoms with van der Waals surface area (Å²) in [5, 5.41) is 66.6. The summed E-state index contributed by atoms with van der Waals surface area (Å²) in [6, 6.07) is 2.28. The molecule has 1 aromatic carbocycles. The van der Waals surface area contributed by atoms with Crippen LogP contribution in [0.1, 0.15) is 17.5 Å². The van der Waals surface area contributed by atoms with E-state index in [0.29, 0.717) is 12.0 Å². The molecule has 1 aromatic rings. The first-order chi connectivity index (χ1) is 15.3. The number of primary amides is 1. The molecule has 0 aromatic heterocycles. The van der Waals surface area contributed by atoms with Crippen LogP contribution in [0.3, 0.4) is 0 Å². The Morgan fingerprint density at radius 1 is 1.09 bits per heavy atom. The molecule has 0 bridgehead atoms. The highest BCUT2D eigenvalue weighted by Crippen LogP contribution is 2.55. The zero-order valence-electron chi connectivity index (χ0n) is 19.0. The number of phenolic OH excluding ortho intramolecular Hbond substituents is 1. The van der Waals surface area contributed by atoms with Crippen LogP contribution in [0.5, 0.6) is 5.75 Å². The zero-order valence-corrected chi connectivity index (χ0v) is 19.0. The molecule has 0 heterocycles. The predicted molar refractivity (Wildman–Crippen MR) is 121 cm³/mol. The van der Waals surface area contributed by atoms with Crippen molar-refractivity contribution in [2.24, 2.45) is 17.6 Å². The summed E-state index contributed by atoms with van der Waals surface area (Å²) in [5.41, 5.74) is 4.24. The maximum atomic E-state index is 12.1. The number of phenols is 1. The first-order valence-electron chi connectivity index (χ1n) is 10.8. The Bertz CT molecular complexity index is 1080. The number of aromatic hydroxyl groups is 1. The van der Waals surface area contributed by atoms with Crippen LogP contribution in [0.15, 0.2) is 29.0 Å². The quantitative estimate of drug-likeness (QED) is 0.317. The van der Waals surface area contributed by atoms with Gasteiger partial charge in [-0.05, 0) is 50.6 Å². The van der Waals surface area contributed by atoms with Crippen molar-refractivity contribution in [1.82, 2.24) is 4.90 Å². The summed E-state index contributed by atoms with van der Waals surface area (Å²) in [6.07, 6.45) is -3.22. The number of nitrogens with two attached hydrogens (primary N) is 1. The molecule has 10 heteroatoms. The molecular weight excluding hydrogens is 430 g/mol. The molecule has 3 aliphatic rings. The van der Waals surface area contributed by atoms with E-state index >= 15 is 0 Å². The SMILES string of the molecule is CN(C)c1ccc(O)c2c1C[C@H]1C[C@H]3[C@H](N(C)C)C(O)=C(C(N)=O)C(O)[C@@]3(O)C(O)C1=C2O. The second-order valence-electron chi connectivity index (χ2n) is 9.66. The van der Waals surface area contributed by atoms with Gasteiger partial charge in [-0.2, -0.15) is 0 Å². The molecule has 180 valence electrons. The third-order valence-electron chi connectivity index (χ3n) is 7.48. The molecule has 0 radical (unpaired) electrons. The van der Waals surface area contributed by atoms with Crippen LogP contribution in [-0.4, -0.2) is 93.5 Å². The summed E-state index contributed by atoms with van der Waals surface area (Å²) in [5.74, 6) is -3.43. The van der Waals surface area contributed by atoms with Crippen LogP contribution in [0.4, 0.5) is 5.69 Å². The molecule has 0 saturated heterocycles. The van der Waals surface area contributed by atoms with Crippen molar-refractivity contribution >= 4 is 17.4 Å². The van der Waals surface area contributed by atoms with E-state index < -0.39 is 52.9 Å². The Kier molecular flexibility index (Phi) is 5.40. The average Bonchev–Trinajstić information content (AvgIpc) is 2.70. The van der Waals surface area contributed by atoms with Crippen molar-refractivity contribution in [3.63, 3.8) is 0 Å². The number of amides is 1. The van der Waals surface area contributed by atoms with E-state index in [4.69, 9.17) is 5.73 Å². The topological polar surface area (TPSA) is 171 Å². The normalized spacial score (nSPS) is 33.5. The number of likely N-dealkylation sites (N-methyl/N-ethyl adjacent to an activating group) is 1. The second-order valence-corrected chi connectivity index (χ2v) is 9.66. The lowest BCUT2D eigenvalue weighted by atomic mass is 9.55. The van der Waals surface area contributed by atoms with Crippen molar-refractivity contribution in [3.8, 4) is 5.75 Å². The minimum Gasteiger partial charge on any atom is -0.510 e. The molecule has 33 heavy (non-hydrogen) atoms. The Morgan fingerprint density at radius 3 is 2.27 bits per heavy atom. The summed E-state index contributed by atoms with van der Waals surface area (Å²) < 4.78 is 0. The van der Waals surface area contributed by atoms with Gasteiger partial charge in [0.2, 0.25) is 0 Å². The van der Waals surface area contributed by atoms with Gasteiger partial charge in [0, 0.05) is 31.3 Å². The van der Waals surface area contributed by atoms with Crippen LogP contribution in [0.2, 0.25) is 0 Å². The van der Waals surface area contributed by atoms with E-state index in [9.17, 15) is 35.4 Å². The van der Waals surface area contributed by atoms with Gasteiger partial charge in [-0.25, -0.2) is 0 Å². The van der Waals surface area contributed by atoms with E-state index in [1.165, 1.54) is 6.07 Å². The summed E-state index contributed by atoms with van der Waals surface area (Å²) >= 11 is 0. The maximum absolute atomic E-state index is 12.1. The third-order valence-corrected chi connectivity index (χ3v) is 7.48. The molecule has 2 unspecified atom stereocenters. The number of benzene rings is 1. The molecular formula is C23H31N3O7. The Labute approximate surface area is 191 Å². The molecule has 1 fully saturated rings. The summed E-state index contributed by atoms with van der Waals surface area (Å²) in [7, 11) is 6.96. The first kappa shape index (κ1) is 23.4. The number of hydrogen-bond acceptors (Lipinski definition) is 9. The Hall–Kier alpha value is -2.79. The number of aliphatic hydroxyl groups excluding tert-OH is 4. The lowest BCUT2D eigenvalue weighted by Crippen LogP contribution is -2.70. The number of anilines is 1. The number of hydrogen-bond donors (Lipinski definition) is 7. The molecule has 10 nitrogen and oxygen atoms in total. The zero-order chi connectivity index (χ0) is 24.6. The molecule has 3 aliphatic carbocycles. The third kappa shape index (κ3) is 3.05. The lowest BCUT2D eigenvalue weighted by Gasteiger charge is -2.56. The van der Waals surface area contributed by atoms with Gasteiger partial charge in [-0.1, -0.05) is 0 Å². The predicted octanol–water partition coefficient (Wildman–Crippen LogP) is -0.386. The van der Waals surface area contributed by atoms with Crippen molar-refractivity contribution in [2.45, 2.75) is 36.7 Å². The van der Waals surface area contributed by atoms with Gasteiger partial charge in [0.1, 0.15) is 35.1 Å². The highest BCUT2D eigenvalue weighted by atomic mass is 16.4. The van der Waals surface area contributed by atoms with E-state index in [1.54, 1.807) is 25.1 Å². The lowest BCUT2D eigenvalue weighted by molar-refractivity contribution is -0.195. The Morgan fingerprint density at radius 2 is 1.73 bits per heavy atom. The maximum Gasteiger partial charge on any atom is 0.250 e. The molecule has 1 saturated carbocycles. The van der Waals surface area contributed by atoms with Gasteiger partial charge in [-0.15, -0.1) is 0 Å². The molecule has 6 atom stereocenters. The number of fused-ring (bicyclic) bond motifs is 3. The van der Waals surface area contributed by atoms with Crippen LogP contribution in [0.25, 0.3) is 5.76 Å². The van der Waals surface area contributed by atoms with Crippen LogP contribution >= 0.6 is 0 Å². The van der Waals surface area contributed by atoms with Crippen molar-refractivity contribution in [1.29, 1.82) is 0 Å². The van der Waals surface area contributed by atoms with E-state index in [2.05, 4.69) is 0 Å². The number of aliphatic hydroxyl groups is 5. The largest absolute Gasteiger partial charge is 0.510 e. The fourth-order valence-corrected chi connectivity index (χ4v) is 6.04. The average molecular weight is 462 g/mol. The second kappa shape index (κ2) is 7.63. The van der Waals surface area contributed by atoms with Crippen LogP contribution in [-0.2, 0) is 11.2 Å². The van der Waals surface area contributed by atoms with E-state index in [-0.39, 0.29) is 29.1 Å². The van der Waals surface area contributed by atoms with Gasteiger partial charge in [-0.3, -0.25) is 9.69 Å². The minimum atomic E-state index is -2.31. The smallest absolute Gasteiger partial charge is 0.250 e. The molecule has 0 aliphatic heterocycles. The van der Waals surface area contributed by atoms with Crippen LogP contribution in [0, 0.1) is 11.8 Å². The van der Waals surface area contributed by atoms with Crippen molar-refractivity contribution < 1.29 is 35.4 Å². The van der Waals surface area contributed by atoms with E-state index in [0.717, 1.165) is 5.69 Å². The highest BCUT2D eigenvalue weighted by molar-refractivity contribution is 5.94. The van der Waals surface area contributed by atoms with Gasteiger partial charge in [0.05, 0.1) is 17.2 Å². The minimum absolute atomic E-state index is 0.0780. The molecule has 4 rings (SSSR count). The fourth-order valence-electron chi connectivity index (χ4n) is 6.04. The van der Waals surface area contributed by atoms with Crippen molar-refractivity contribution in [2.75, 3.05) is 33.1 Å². The van der Waals surface area contributed by atoms with Gasteiger partial charge in [0.25, 0.3) is 5.91 Å². The van der Waals surface area contributed by atoms with E-state index in [1.807, 2.05) is 19.0 Å². The van der Waals surface area contributed by atoms with Gasteiger partial charge in [0.15, 0.2) is 0 Å². The monoisotopic (exact) mass is 461 g/mol. The standard InChI is InChI=1S/C23H31N3O7/c1-25(2)12-5-6-13(27)15-10(12)7-9-8-11-17(26(3)4)19(29)16(22(24)32)21(31)23(11,33)20(30)14(9)18(15)28/h5-6,9,11,17,20-21,27-31,33H,7-8H2,1-4H3,(H2,24,32)/t9-,11-,17-,20?,21?,23-/m0/s1. The summed E-state index contributed by atoms with van der Waals surface area (Å²) in [6.45, 7) is 0. The number of nitrogens with zero attached hydrogens (tertiary/aromatic N) is 2. The Balaban J connectivity index is 1.95. The fraction of sp³-hybridized carbons (Fsp3) is 0.522. The first-order valence-corrected chi connectivity index (χ1v) is 10.8. The van der Waals surface area contributed by atoms with Crippen molar-refractivity contribution in [3.05, 3.63) is 40.2 Å². The summed E-state index contributed by atoms with van der Waals surface area (Å²) in [4.78, 5) is 15.5. The van der Waals surface area contributed by atoms with Gasteiger partial charge < -0.3 is 41.3 Å². The van der Waals surface area contributed by atoms with Crippen LogP contribution < -0.4 is 10.6 Å². The molecule has 8 N–H and O–H groups in total. The van der Waals surface area contributed by atoms with Gasteiger partial charge >= 0.3 is 0 Å². The number of carbonyl (C=O) groups excluding carboxylic acids is 1. The number of carbonyl (C=O) groups is 1. The molecule has 0 spiro atoms. The molecule has 1 amide bonds. The number of rotatable bonds is 3. The highest BCUT2D eigenvalue weighted by Gasteiger charge is 2.64.